The van der Waals surface area contributed by atoms with Crippen molar-refractivity contribution in [1.82, 2.24) is 0 Å². The lowest BCUT2D eigenvalue weighted by Crippen LogP contribution is -2.14. The van der Waals surface area contributed by atoms with Gasteiger partial charge in [0.2, 0.25) is 0 Å². The number of benzene rings is 2. The molecule has 0 fully saturated rings. The third kappa shape index (κ3) is 2.22. The van der Waals surface area contributed by atoms with Gasteiger partial charge >= 0.3 is 0 Å². The normalized spacial score (nSPS) is 15.4. The van der Waals surface area contributed by atoms with E-state index in [2.05, 4.69) is 41.3 Å². The van der Waals surface area contributed by atoms with Crippen LogP contribution in [0.15, 0.2) is 42.5 Å². The summed E-state index contributed by atoms with van der Waals surface area (Å²) in [5, 5.41) is 0.770. The Morgan fingerprint density at radius 2 is 1.95 bits per heavy atom. The maximum absolute atomic E-state index is 6.42. The fourth-order valence-electron chi connectivity index (χ4n) is 2.61. The highest BCUT2D eigenvalue weighted by Crippen LogP contribution is 2.38. The van der Waals surface area contributed by atoms with E-state index in [-0.39, 0.29) is 6.04 Å². The molecule has 2 nitrogen and oxygen atoms in total. The molecule has 0 radical (unpaired) electrons. The van der Waals surface area contributed by atoms with Crippen LogP contribution in [0.3, 0.4) is 0 Å². The largest absolute Gasteiger partial charge is 0.340 e. The number of para-hydroxylation sites is 1. The van der Waals surface area contributed by atoms with Crippen LogP contribution in [0.2, 0.25) is 5.02 Å². The molecule has 0 saturated carbocycles. The van der Waals surface area contributed by atoms with Crippen LogP contribution in [0.5, 0.6) is 0 Å². The molecule has 2 aromatic rings. The highest BCUT2D eigenvalue weighted by atomic mass is 35.5. The topological polar surface area (TPSA) is 29.3 Å². The maximum Gasteiger partial charge on any atom is 0.0646 e. The van der Waals surface area contributed by atoms with Crippen LogP contribution in [-0.2, 0) is 6.42 Å². The first-order valence-electron chi connectivity index (χ1n) is 6.57. The third-order valence-corrected chi connectivity index (χ3v) is 3.98. The summed E-state index contributed by atoms with van der Waals surface area (Å²) in [6, 6.07) is 14.6. The first kappa shape index (κ1) is 12.5. The first-order chi connectivity index (χ1) is 9.16. The summed E-state index contributed by atoms with van der Waals surface area (Å²) in [4.78, 5) is 2.28. The molecule has 2 aromatic carbocycles. The van der Waals surface area contributed by atoms with E-state index in [0.29, 0.717) is 0 Å². The van der Waals surface area contributed by atoms with Crippen molar-refractivity contribution >= 4 is 23.0 Å². The summed E-state index contributed by atoms with van der Waals surface area (Å²) >= 11 is 6.42. The molecule has 1 aliphatic rings. The van der Waals surface area contributed by atoms with Crippen LogP contribution in [0.25, 0.3) is 0 Å². The second-order valence-electron chi connectivity index (χ2n) is 5.03. The SMILES string of the molecule is CC(N)c1ccc(N2CCc3ccccc32)c(Cl)c1. The summed E-state index contributed by atoms with van der Waals surface area (Å²) < 4.78 is 0. The zero-order valence-electron chi connectivity index (χ0n) is 10.9. The highest BCUT2D eigenvalue weighted by molar-refractivity contribution is 6.33. The third-order valence-electron chi connectivity index (χ3n) is 3.68. The maximum atomic E-state index is 6.42. The van der Waals surface area contributed by atoms with Crippen molar-refractivity contribution < 1.29 is 0 Å². The summed E-state index contributed by atoms with van der Waals surface area (Å²) in [5.41, 5.74) is 10.7. The predicted octanol–water partition coefficient (Wildman–Crippen LogP) is 4.05. The number of rotatable bonds is 2. The molecule has 98 valence electrons. The molecule has 19 heavy (non-hydrogen) atoms. The number of nitrogens with zero attached hydrogens (tertiary/aromatic N) is 1. The average Bonchev–Trinajstić information content (AvgIpc) is 2.82. The molecular weight excluding hydrogens is 256 g/mol. The van der Waals surface area contributed by atoms with E-state index in [9.17, 15) is 0 Å². The number of hydrogen-bond donors (Lipinski definition) is 1. The predicted molar refractivity (Wildman–Crippen MR) is 81.2 cm³/mol. The molecular formula is C16H17ClN2. The van der Waals surface area contributed by atoms with Crippen LogP contribution in [0.4, 0.5) is 11.4 Å². The van der Waals surface area contributed by atoms with Crippen molar-refractivity contribution in [1.29, 1.82) is 0 Å². The molecule has 2 N–H and O–H groups in total. The minimum absolute atomic E-state index is 0.0115. The minimum Gasteiger partial charge on any atom is -0.340 e. The number of nitrogens with two attached hydrogens (primary N) is 1. The van der Waals surface area contributed by atoms with Crippen LogP contribution >= 0.6 is 11.6 Å². The molecule has 0 amide bonds. The first-order valence-corrected chi connectivity index (χ1v) is 6.95. The van der Waals surface area contributed by atoms with E-state index in [1.165, 1.54) is 11.3 Å². The summed E-state index contributed by atoms with van der Waals surface area (Å²) in [5.74, 6) is 0. The fraction of sp³-hybridized carbons (Fsp3) is 0.250. The van der Waals surface area contributed by atoms with Crippen LogP contribution in [-0.4, -0.2) is 6.54 Å². The lowest BCUT2D eigenvalue weighted by molar-refractivity contribution is 0.818. The lowest BCUT2D eigenvalue weighted by atomic mass is 10.1. The molecule has 0 aromatic heterocycles. The van der Waals surface area contributed by atoms with E-state index in [4.69, 9.17) is 17.3 Å². The molecule has 0 aliphatic carbocycles. The molecule has 3 heteroatoms. The fourth-order valence-corrected chi connectivity index (χ4v) is 2.90. The van der Waals surface area contributed by atoms with E-state index in [0.717, 1.165) is 29.2 Å². The number of halogens is 1. The second-order valence-corrected chi connectivity index (χ2v) is 5.44. The van der Waals surface area contributed by atoms with E-state index >= 15 is 0 Å². The lowest BCUT2D eigenvalue weighted by Gasteiger charge is -2.21. The van der Waals surface area contributed by atoms with Crippen LogP contribution in [0, 0.1) is 0 Å². The minimum atomic E-state index is 0.0115. The molecule has 1 unspecified atom stereocenters. The number of hydrogen-bond acceptors (Lipinski definition) is 2. The number of anilines is 2. The zero-order valence-corrected chi connectivity index (χ0v) is 11.7. The van der Waals surface area contributed by atoms with E-state index in [1.807, 2.05) is 13.0 Å². The van der Waals surface area contributed by atoms with Gasteiger partial charge in [-0.05, 0) is 42.7 Å². The van der Waals surface area contributed by atoms with Crippen molar-refractivity contribution in [3.05, 3.63) is 58.6 Å². The van der Waals surface area contributed by atoms with Gasteiger partial charge in [-0.3, -0.25) is 0 Å². The Kier molecular flexibility index (Phi) is 3.21. The van der Waals surface area contributed by atoms with Gasteiger partial charge in [0.25, 0.3) is 0 Å². The monoisotopic (exact) mass is 272 g/mol. The molecule has 1 atom stereocenters. The van der Waals surface area contributed by atoms with E-state index in [1.54, 1.807) is 0 Å². The van der Waals surface area contributed by atoms with Gasteiger partial charge in [0, 0.05) is 18.3 Å². The van der Waals surface area contributed by atoms with Gasteiger partial charge < -0.3 is 10.6 Å². The van der Waals surface area contributed by atoms with E-state index < -0.39 is 0 Å². The molecule has 0 bridgehead atoms. The summed E-state index contributed by atoms with van der Waals surface area (Å²) in [7, 11) is 0. The van der Waals surface area contributed by atoms with Crippen molar-refractivity contribution in [3.8, 4) is 0 Å². The van der Waals surface area contributed by atoms with Gasteiger partial charge in [-0.2, -0.15) is 0 Å². The Labute approximate surface area is 118 Å². The van der Waals surface area contributed by atoms with Crippen molar-refractivity contribution in [3.63, 3.8) is 0 Å². The van der Waals surface area contributed by atoms with Crippen molar-refractivity contribution in [2.45, 2.75) is 19.4 Å². The zero-order chi connectivity index (χ0) is 13.4. The highest BCUT2D eigenvalue weighted by Gasteiger charge is 2.21. The van der Waals surface area contributed by atoms with Gasteiger partial charge in [0.1, 0.15) is 0 Å². The standard InChI is InChI=1S/C16H17ClN2/c1-11(18)13-6-7-16(14(17)10-13)19-9-8-12-4-2-3-5-15(12)19/h2-7,10-11H,8-9,18H2,1H3. The average molecular weight is 273 g/mol. The van der Waals surface area contributed by atoms with Crippen LogP contribution in [0.1, 0.15) is 24.1 Å². The Hall–Kier alpha value is -1.51. The molecule has 1 aliphatic heterocycles. The quantitative estimate of drug-likeness (QED) is 0.893. The van der Waals surface area contributed by atoms with Gasteiger partial charge in [0.15, 0.2) is 0 Å². The summed E-state index contributed by atoms with van der Waals surface area (Å²) in [6.07, 6.45) is 1.07. The van der Waals surface area contributed by atoms with Gasteiger partial charge in [-0.15, -0.1) is 0 Å². The van der Waals surface area contributed by atoms with Crippen molar-refractivity contribution in [2.75, 3.05) is 11.4 Å². The Morgan fingerprint density at radius 3 is 2.68 bits per heavy atom. The van der Waals surface area contributed by atoms with Crippen molar-refractivity contribution in [2.24, 2.45) is 5.73 Å². The van der Waals surface area contributed by atoms with Gasteiger partial charge in [-0.1, -0.05) is 35.9 Å². The molecule has 0 spiro atoms. The Morgan fingerprint density at radius 1 is 1.16 bits per heavy atom. The summed E-state index contributed by atoms with van der Waals surface area (Å²) in [6.45, 7) is 2.95. The Balaban J connectivity index is 2.00. The van der Waals surface area contributed by atoms with Gasteiger partial charge in [-0.25, -0.2) is 0 Å². The number of fused-ring (bicyclic) bond motifs is 1. The Bertz CT molecular complexity index is 607. The van der Waals surface area contributed by atoms with Gasteiger partial charge in [0.05, 0.1) is 10.7 Å². The molecule has 0 saturated heterocycles. The second kappa shape index (κ2) is 4.87. The van der Waals surface area contributed by atoms with Crippen LogP contribution < -0.4 is 10.6 Å². The smallest absolute Gasteiger partial charge is 0.0646 e. The molecule has 1 heterocycles. The molecule has 3 rings (SSSR count).